The highest BCUT2D eigenvalue weighted by Gasteiger charge is 2.18. The molecule has 4 rings (SSSR count). The maximum absolute atomic E-state index is 13.7. The molecule has 0 radical (unpaired) electrons. The molecule has 4 aromatic rings. The minimum atomic E-state index is -0.255. The fourth-order valence-corrected chi connectivity index (χ4v) is 4.55. The van der Waals surface area contributed by atoms with Gasteiger partial charge in [0.25, 0.3) is 5.56 Å². The molecular formula is C31H33N3O4. The Hall–Kier alpha value is -4.39. The number of allylic oxidation sites excluding steroid dienone is 1. The van der Waals surface area contributed by atoms with Gasteiger partial charge >= 0.3 is 0 Å². The summed E-state index contributed by atoms with van der Waals surface area (Å²) < 4.78 is 18.1. The smallest absolute Gasteiger partial charge is 0.282 e. The van der Waals surface area contributed by atoms with Crippen molar-refractivity contribution in [3.8, 4) is 28.6 Å². The monoisotopic (exact) mass is 511 g/mol. The third-order valence-electron chi connectivity index (χ3n) is 6.46. The Morgan fingerprint density at radius 1 is 1.03 bits per heavy atom. The molecule has 0 saturated carbocycles. The number of para-hydroxylation sites is 1. The Labute approximate surface area is 223 Å². The Kier molecular flexibility index (Phi) is 7.96. The van der Waals surface area contributed by atoms with Crippen LogP contribution in [-0.2, 0) is 6.42 Å². The summed E-state index contributed by atoms with van der Waals surface area (Å²) in [6, 6.07) is 15.1. The Bertz CT molecular complexity index is 1580. The SMILES string of the molecule is C=CCc1cc(C=Nn2c(-c3cc(C(C)C)c(OC)cc3C)nc3ccccc3c2=O)cc(OC)c1OC. The zero-order valence-corrected chi connectivity index (χ0v) is 22.7. The van der Waals surface area contributed by atoms with Crippen LogP contribution in [0, 0.1) is 6.92 Å². The lowest BCUT2D eigenvalue weighted by Gasteiger charge is -2.17. The highest BCUT2D eigenvalue weighted by atomic mass is 16.5. The van der Waals surface area contributed by atoms with Crippen molar-refractivity contribution in [3.63, 3.8) is 0 Å². The molecule has 1 aromatic heterocycles. The fraction of sp³-hybridized carbons (Fsp3) is 0.258. The van der Waals surface area contributed by atoms with Gasteiger partial charge in [-0.05, 0) is 72.4 Å². The molecular weight excluding hydrogens is 478 g/mol. The van der Waals surface area contributed by atoms with Crippen LogP contribution in [-0.4, -0.2) is 37.2 Å². The van der Waals surface area contributed by atoms with Crippen molar-refractivity contribution in [2.45, 2.75) is 33.1 Å². The van der Waals surface area contributed by atoms with Crippen LogP contribution in [0.25, 0.3) is 22.3 Å². The van der Waals surface area contributed by atoms with Crippen LogP contribution >= 0.6 is 0 Å². The van der Waals surface area contributed by atoms with Gasteiger partial charge in [0.1, 0.15) is 5.75 Å². The van der Waals surface area contributed by atoms with E-state index in [2.05, 4.69) is 25.5 Å². The van der Waals surface area contributed by atoms with E-state index in [0.717, 1.165) is 33.6 Å². The van der Waals surface area contributed by atoms with E-state index in [-0.39, 0.29) is 11.5 Å². The third-order valence-corrected chi connectivity index (χ3v) is 6.46. The number of fused-ring (bicyclic) bond motifs is 1. The quantitative estimate of drug-likeness (QED) is 0.200. The average Bonchev–Trinajstić information content (AvgIpc) is 2.92. The van der Waals surface area contributed by atoms with E-state index in [9.17, 15) is 4.79 Å². The lowest BCUT2D eigenvalue weighted by Crippen LogP contribution is -2.21. The molecule has 7 nitrogen and oxygen atoms in total. The van der Waals surface area contributed by atoms with Gasteiger partial charge in [0, 0.05) is 11.1 Å². The number of nitrogens with zero attached hydrogens (tertiary/aromatic N) is 3. The summed E-state index contributed by atoms with van der Waals surface area (Å²) in [5.74, 6) is 2.69. The topological polar surface area (TPSA) is 74.9 Å². The molecule has 0 aliphatic carbocycles. The second kappa shape index (κ2) is 11.3. The van der Waals surface area contributed by atoms with E-state index in [1.165, 1.54) is 4.68 Å². The van der Waals surface area contributed by atoms with Crippen molar-refractivity contribution < 1.29 is 14.2 Å². The molecule has 3 aromatic carbocycles. The van der Waals surface area contributed by atoms with Crippen molar-refractivity contribution >= 4 is 17.1 Å². The number of methoxy groups -OCH3 is 3. The summed E-state index contributed by atoms with van der Waals surface area (Å²) in [5.41, 5.74) is 4.78. The number of ether oxygens (including phenoxy) is 3. The number of rotatable bonds is 9. The Morgan fingerprint density at radius 3 is 2.42 bits per heavy atom. The van der Waals surface area contributed by atoms with Crippen molar-refractivity contribution in [2.24, 2.45) is 5.10 Å². The van der Waals surface area contributed by atoms with Gasteiger partial charge in [0.2, 0.25) is 0 Å². The van der Waals surface area contributed by atoms with Crippen LogP contribution in [0.3, 0.4) is 0 Å². The maximum Gasteiger partial charge on any atom is 0.282 e. The fourth-order valence-electron chi connectivity index (χ4n) is 4.55. The molecule has 0 N–H and O–H groups in total. The maximum atomic E-state index is 13.7. The minimum Gasteiger partial charge on any atom is -0.496 e. The molecule has 0 saturated heterocycles. The number of hydrogen-bond donors (Lipinski definition) is 0. The Morgan fingerprint density at radius 2 is 1.76 bits per heavy atom. The van der Waals surface area contributed by atoms with Crippen LogP contribution < -0.4 is 19.8 Å². The summed E-state index contributed by atoms with van der Waals surface area (Å²) in [6.07, 6.45) is 4.03. The zero-order valence-electron chi connectivity index (χ0n) is 22.7. The first-order valence-electron chi connectivity index (χ1n) is 12.4. The number of hydrogen-bond acceptors (Lipinski definition) is 6. The van der Waals surface area contributed by atoms with Gasteiger partial charge < -0.3 is 14.2 Å². The summed E-state index contributed by atoms with van der Waals surface area (Å²) in [4.78, 5) is 18.6. The van der Waals surface area contributed by atoms with Gasteiger partial charge in [-0.15, -0.1) is 6.58 Å². The molecule has 0 aliphatic heterocycles. The van der Waals surface area contributed by atoms with Crippen molar-refractivity contribution in [1.82, 2.24) is 9.66 Å². The third kappa shape index (κ3) is 5.05. The molecule has 0 fully saturated rings. The van der Waals surface area contributed by atoms with E-state index in [1.54, 1.807) is 39.7 Å². The van der Waals surface area contributed by atoms with Crippen molar-refractivity contribution in [2.75, 3.05) is 21.3 Å². The second-order valence-electron chi connectivity index (χ2n) is 9.29. The van der Waals surface area contributed by atoms with Gasteiger partial charge in [-0.2, -0.15) is 9.78 Å². The molecule has 0 amide bonds. The summed E-state index contributed by atoms with van der Waals surface area (Å²) in [6.45, 7) is 10.0. The van der Waals surface area contributed by atoms with E-state index in [4.69, 9.17) is 19.2 Å². The molecule has 0 bridgehead atoms. The van der Waals surface area contributed by atoms with Crippen LogP contribution in [0.2, 0.25) is 0 Å². The largest absolute Gasteiger partial charge is 0.496 e. The molecule has 1 heterocycles. The summed E-state index contributed by atoms with van der Waals surface area (Å²) >= 11 is 0. The van der Waals surface area contributed by atoms with E-state index in [0.29, 0.717) is 34.6 Å². The van der Waals surface area contributed by atoms with Crippen LogP contribution in [0.1, 0.15) is 42.0 Å². The van der Waals surface area contributed by atoms with Crippen LogP contribution in [0.5, 0.6) is 17.2 Å². The van der Waals surface area contributed by atoms with E-state index in [1.807, 2.05) is 49.4 Å². The minimum absolute atomic E-state index is 0.212. The molecule has 38 heavy (non-hydrogen) atoms. The molecule has 0 atom stereocenters. The lowest BCUT2D eigenvalue weighted by molar-refractivity contribution is 0.352. The number of aromatic nitrogens is 2. The van der Waals surface area contributed by atoms with E-state index >= 15 is 0 Å². The van der Waals surface area contributed by atoms with Gasteiger partial charge in [-0.25, -0.2) is 4.98 Å². The van der Waals surface area contributed by atoms with Crippen molar-refractivity contribution in [3.05, 3.63) is 93.8 Å². The average molecular weight is 512 g/mol. The summed E-state index contributed by atoms with van der Waals surface area (Å²) in [5, 5.41) is 5.15. The zero-order chi connectivity index (χ0) is 27.4. The number of aryl methyl sites for hydroxylation is 1. The highest BCUT2D eigenvalue weighted by Crippen LogP contribution is 2.35. The van der Waals surface area contributed by atoms with Crippen molar-refractivity contribution in [1.29, 1.82) is 0 Å². The normalized spacial score (nSPS) is 11.3. The van der Waals surface area contributed by atoms with Crippen LogP contribution in [0.4, 0.5) is 0 Å². The Balaban J connectivity index is 1.97. The first-order chi connectivity index (χ1) is 18.3. The molecule has 0 unspecified atom stereocenters. The molecule has 0 spiro atoms. The predicted octanol–water partition coefficient (Wildman–Crippen LogP) is 6.13. The van der Waals surface area contributed by atoms with Crippen LogP contribution in [0.15, 0.2) is 71.1 Å². The van der Waals surface area contributed by atoms with Gasteiger partial charge in [-0.3, -0.25) is 4.79 Å². The molecule has 7 heteroatoms. The molecule has 0 aliphatic rings. The first-order valence-corrected chi connectivity index (χ1v) is 12.4. The standard InChI is InChI=1S/C31H33N3O4/c1-8-11-22-15-21(16-28(37-6)29(22)38-7)18-32-34-30(33-26-13-10-9-12-23(26)31(34)35)25-17-24(19(2)3)27(36-5)14-20(25)4/h8-10,12-19H,1,11H2,2-7H3. The predicted molar refractivity (Wildman–Crippen MR) is 153 cm³/mol. The number of benzene rings is 3. The summed E-state index contributed by atoms with van der Waals surface area (Å²) in [7, 11) is 4.86. The van der Waals surface area contributed by atoms with E-state index < -0.39 is 0 Å². The van der Waals surface area contributed by atoms with Gasteiger partial charge in [0.15, 0.2) is 17.3 Å². The van der Waals surface area contributed by atoms with Gasteiger partial charge in [0.05, 0.1) is 38.4 Å². The lowest BCUT2D eigenvalue weighted by atomic mass is 9.96. The first kappa shape index (κ1) is 26.7. The second-order valence-corrected chi connectivity index (χ2v) is 9.29. The highest BCUT2D eigenvalue weighted by molar-refractivity contribution is 5.83. The van der Waals surface area contributed by atoms with Gasteiger partial charge in [-0.1, -0.05) is 32.1 Å². The molecule has 196 valence electrons.